The van der Waals surface area contributed by atoms with E-state index in [1.165, 1.54) is 4.90 Å². The van der Waals surface area contributed by atoms with Crippen LogP contribution in [0.3, 0.4) is 0 Å². The number of halogens is 1. The highest BCUT2D eigenvalue weighted by atomic mass is 79.9. The molecule has 6 nitrogen and oxygen atoms in total. The molecule has 2 heterocycles. The molecule has 3 rings (SSSR count). The van der Waals surface area contributed by atoms with Gasteiger partial charge in [-0.15, -0.1) is 0 Å². The molecule has 0 spiro atoms. The van der Waals surface area contributed by atoms with Crippen LogP contribution in [-0.4, -0.2) is 44.1 Å². The molecule has 1 fully saturated rings. The zero-order valence-corrected chi connectivity index (χ0v) is 14.6. The number of hydrogen-bond acceptors (Lipinski definition) is 4. The molecule has 23 heavy (non-hydrogen) atoms. The number of carbonyl (C=O) groups is 2. The Labute approximate surface area is 143 Å². The van der Waals surface area contributed by atoms with Crippen molar-refractivity contribution in [1.82, 2.24) is 10.6 Å². The maximum atomic E-state index is 12.4. The van der Waals surface area contributed by atoms with Crippen LogP contribution in [0.4, 0.5) is 5.69 Å². The molecule has 124 valence electrons. The van der Waals surface area contributed by atoms with E-state index < -0.39 is 0 Å². The van der Waals surface area contributed by atoms with Gasteiger partial charge in [-0.25, -0.2) is 0 Å². The molecule has 0 bridgehead atoms. The van der Waals surface area contributed by atoms with Gasteiger partial charge in [0, 0.05) is 17.1 Å². The minimum absolute atomic E-state index is 0.0139. The summed E-state index contributed by atoms with van der Waals surface area (Å²) in [6.07, 6.45) is 1.04. The van der Waals surface area contributed by atoms with E-state index >= 15 is 0 Å². The molecule has 0 radical (unpaired) electrons. The van der Waals surface area contributed by atoms with Gasteiger partial charge in [-0.1, -0.05) is 22.9 Å². The van der Waals surface area contributed by atoms with Crippen molar-refractivity contribution in [3.05, 3.63) is 22.7 Å². The summed E-state index contributed by atoms with van der Waals surface area (Å²) in [5.74, 6) is 0.697. The van der Waals surface area contributed by atoms with E-state index in [2.05, 4.69) is 33.5 Å². The molecule has 2 amide bonds. The van der Waals surface area contributed by atoms with Gasteiger partial charge in [0.15, 0.2) is 6.61 Å². The van der Waals surface area contributed by atoms with Crippen molar-refractivity contribution in [2.24, 2.45) is 5.92 Å². The summed E-state index contributed by atoms with van der Waals surface area (Å²) in [6, 6.07) is 5.53. The number of rotatable bonds is 3. The minimum Gasteiger partial charge on any atom is -0.482 e. The second-order valence-electron chi connectivity index (χ2n) is 6.02. The maximum absolute atomic E-state index is 12.4. The first-order valence-electron chi connectivity index (χ1n) is 7.77. The molecule has 1 aromatic rings. The molecule has 1 saturated heterocycles. The molecular weight excluding hydrogens is 362 g/mol. The fourth-order valence-corrected chi connectivity index (χ4v) is 3.27. The molecule has 2 N–H and O–H groups in total. The second kappa shape index (κ2) is 6.88. The monoisotopic (exact) mass is 381 g/mol. The minimum atomic E-state index is -0.204. The Morgan fingerprint density at radius 2 is 2.35 bits per heavy atom. The molecule has 7 heteroatoms. The number of carbonyl (C=O) groups excluding carboxylic acids is 2. The van der Waals surface area contributed by atoms with Crippen molar-refractivity contribution in [3.63, 3.8) is 0 Å². The lowest BCUT2D eigenvalue weighted by atomic mass is 9.95. The normalized spacial score (nSPS) is 23.9. The number of fused-ring (bicyclic) bond motifs is 1. The van der Waals surface area contributed by atoms with E-state index in [4.69, 9.17) is 4.74 Å². The summed E-state index contributed by atoms with van der Waals surface area (Å²) in [5.41, 5.74) is 0.634. The third-order valence-corrected chi connectivity index (χ3v) is 4.83. The van der Waals surface area contributed by atoms with E-state index in [-0.39, 0.29) is 31.0 Å². The third-order valence-electron chi connectivity index (χ3n) is 4.34. The quantitative estimate of drug-likeness (QED) is 0.827. The number of benzene rings is 1. The average Bonchev–Trinajstić information content (AvgIpc) is 2.52. The largest absolute Gasteiger partial charge is 0.482 e. The Kier molecular flexibility index (Phi) is 4.87. The van der Waals surface area contributed by atoms with Crippen LogP contribution in [0.15, 0.2) is 22.7 Å². The Balaban J connectivity index is 1.69. The molecule has 0 aliphatic carbocycles. The van der Waals surface area contributed by atoms with Crippen LogP contribution in [0.25, 0.3) is 0 Å². The van der Waals surface area contributed by atoms with Crippen molar-refractivity contribution < 1.29 is 14.3 Å². The molecule has 2 aliphatic rings. The summed E-state index contributed by atoms with van der Waals surface area (Å²) in [7, 11) is 0. The fraction of sp³-hybridized carbons (Fsp3) is 0.500. The first-order chi connectivity index (χ1) is 11.0. The highest BCUT2D eigenvalue weighted by Crippen LogP contribution is 2.34. The van der Waals surface area contributed by atoms with Gasteiger partial charge in [0.1, 0.15) is 12.3 Å². The van der Waals surface area contributed by atoms with Crippen LogP contribution in [0, 0.1) is 5.92 Å². The van der Waals surface area contributed by atoms with Gasteiger partial charge >= 0.3 is 0 Å². The number of nitrogens with zero attached hydrogens (tertiary/aromatic N) is 1. The van der Waals surface area contributed by atoms with Crippen LogP contribution >= 0.6 is 15.9 Å². The van der Waals surface area contributed by atoms with Gasteiger partial charge in [0.05, 0.1) is 5.69 Å². The first kappa shape index (κ1) is 16.3. The molecule has 2 aliphatic heterocycles. The van der Waals surface area contributed by atoms with Crippen molar-refractivity contribution >= 4 is 33.4 Å². The predicted octanol–water partition coefficient (Wildman–Crippen LogP) is 1.29. The number of hydrogen-bond donors (Lipinski definition) is 2. The number of anilines is 1. The topological polar surface area (TPSA) is 70.7 Å². The Morgan fingerprint density at radius 3 is 3.13 bits per heavy atom. The van der Waals surface area contributed by atoms with E-state index in [0.29, 0.717) is 17.4 Å². The number of piperidine rings is 1. The van der Waals surface area contributed by atoms with Crippen molar-refractivity contribution in [2.75, 3.05) is 31.1 Å². The highest BCUT2D eigenvalue weighted by molar-refractivity contribution is 9.10. The lowest BCUT2D eigenvalue weighted by Gasteiger charge is -2.32. The molecule has 2 unspecified atom stereocenters. The van der Waals surface area contributed by atoms with Gasteiger partial charge < -0.3 is 15.4 Å². The van der Waals surface area contributed by atoms with E-state index in [0.717, 1.165) is 24.0 Å². The summed E-state index contributed by atoms with van der Waals surface area (Å²) in [4.78, 5) is 26.0. The van der Waals surface area contributed by atoms with Crippen LogP contribution in [-0.2, 0) is 9.59 Å². The van der Waals surface area contributed by atoms with Crippen LogP contribution in [0.1, 0.15) is 13.3 Å². The third kappa shape index (κ3) is 3.67. The number of ether oxygens (including phenoxy) is 1. The Hall–Kier alpha value is -1.60. The van der Waals surface area contributed by atoms with Gasteiger partial charge in [-0.3, -0.25) is 14.5 Å². The van der Waals surface area contributed by atoms with Crippen LogP contribution < -0.4 is 20.3 Å². The molecule has 0 saturated carbocycles. The van der Waals surface area contributed by atoms with Crippen LogP contribution in [0.2, 0.25) is 0 Å². The fourth-order valence-electron chi connectivity index (χ4n) is 2.93. The lowest BCUT2D eigenvalue weighted by molar-refractivity contribution is -0.125. The number of nitrogens with one attached hydrogen (secondary N) is 2. The van der Waals surface area contributed by atoms with Gasteiger partial charge in [-0.2, -0.15) is 0 Å². The molecular formula is C16H20BrN3O3. The second-order valence-corrected chi connectivity index (χ2v) is 6.94. The van der Waals surface area contributed by atoms with Crippen molar-refractivity contribution in [3.8, 4) is 5.75 Å². The van der Waals surface area contributed by atoms with E-state index in [9.17, 15) is 9.59 Å². The Morgan fingerprint density at radius 1 is 1.52 bits per heavy atom. The highest BCUT2D eigenvalue weighted by Gasteiger charge is 2.29. The van der Waals surface area contributed by atoms with Crippen molar-refractivity contribution in [2.45, 2.75) is 19.4 Å². The van der Waals surface area contributed by atoms with Gasteiger partial charge in [0.2, 0.25) is 5.91 Å². The molecule has 0 aromatic heterocycles. The predicted molar refractivity (Wildman–Crippen MR) is 90.6 cm³/mol. The van der Waals surface area contributed by atoms with Crippen LogP contribution in [0.5, 0.6) is 5.75 Å². The summed E-state index contributed by atoms with van der Waals surface area (Å²) < 4.78 is 6.30. The zero-order chi connectivity index (χ0) is 16.4. The smallest absolute Gasteiger partial charge is 0.265 e. The summed E-state index contributed by atoms with van der Waals surface area (Å²) in [6.45, 7) is 3.86. The van der Waals surface area contributed by atoms with E-state index in [1.807, 2.05) is 6.07 Å². The molecule has 2 atom stereocenters. The van der Waals surface area contributed by atoms with Crippen molar-refractivity contribution in [1.29, 1.82) is 0 Å². The Bertz CT molecular complexity index is 623. The van der Waals surface area contributed by atoms with Gasteiger partial charge in [0.25, 0.3) is 5.91 Å². The zero-order valence-electron chi connectivity index (χ0n) is 13.0. The SMILES string of the molecule is CC1CCNCC1NC(=O)CN1C(=O)COc2cc(Br)ccc21. The summed E-state index contributed by atoms with van der Waals surface area (Å²) in [5, 5.41) is 6.32. The standard InChI is InChI=1S/C16H20BrN3O3/c1-10-4-5-18-7-12(10)19-15(21)8-20-13-3-2-11(17)6-14(13)23-9-16(20)22/h2-3,6,10,12,18H,4-5,7-9H2,1H3,(H,19,21). The average molecular weight is 382 g/mol. The number of amides is 2. The first-order valence-corrected chi connectivity index (χ1v) is 8.56. The summed E-state index contributed by atoms with van der Waals surface area (Å²) >= 11 is 3.38. The molecule has 1 aromatic carbocycles. The van der Waals surface area contributed by atoms with E-state index in [1.54, 1.807) is 12.1 Å². The maximum Gasteiger partial charge on any atom is 0.265 e. The van der Waals surface area contributed by atoms with Gasteiger partial charge in [-0.05, 0) is 37.1 Å². The lowest BCUT2D eigenvalue weighted by Crippen LogP contribution is -2.53.